The van der Waals surface area contributed by atoms with Crippen molar-refractivity contribution in [3.63, 3.8) is 0 Å². The Labute approximate surface area is 133 Å². The van der Waals surface area contributed by atoms with Gasteiger partial charge in [0.05, 0.1) is 6.61 Å². The molecule has 5 nitrogen and oxygen atoms in total. The maximum absolute atomic E-state index is 6.87. The fourth-order valence-corrected chi connectivity index (χ4v) is 3.65. The van der Waals surface area contributed by atoms with Gasteiger partial charge in [0.1, 0.15) is 8.02 Å². The molecule has 0 aliphatic carbocycles. The van der Waals surface area contributed by atoms with E-state index < -0.39 is 8.53 Å². The zero-order chi connectivity index (χ0) is 16.8. The van der Waals surface area contributed by atoms with Crippen molar-refractivity contribution in [1.29, 1.82) is 0 Å². The van der Waals surface area contributed by atoms with Gasteiger partial charge in [-0.2, -0.15) is 0 Å². The van der Waals surface area contributed by atoms with E-state index in [4.69, 9.17) is 17.0 Å². The molecule has 0 aromatic rings. The molecular weight excluding hydrogens is 285 g/mol. The fraction of sp³-hybridized carbons (Fsp3) is 0.933. The van der Waals surface area contributed by atoms with Crippen molar-refractivity contribution in [2.75, 3.05) is 26.3 Å². The van der Waals surface area contributed by atoms with Gasteiger partial charge in [0, 0.05) is 12.1 Å². The van der Waals surface area contributed by atoms with Crippen molar-refractivity contribution in [1.82, 2.24) is 4.67 Å². The summed E-state index contributed by atoms with van der Waals surface area (Å²) in [4.78, 5) is 3.34. The summed E-state index contributed by atoms with van der Waals surface area (Å²) in [7, 11) is -1.09. The van der Waals surface area contributed by atoms with E-state index in [2.05, 4.69) is 42.9 Å². The molecule has 124 valence electrons. The predicted octanol–water partition coefficient (Wildman–Crippen LogP) is 3.80. The molecule has 0 spiro atoms. The lowest BCUT2D eigenvalue weighted by molar-refractivity contribution is 0.176. The maximum atomic E-state index is 6.87. The Kier molecular flexibility index (Phi) is 12.0. The average Bonchev–Trinajstić information content (AvgIpc) is 2.45. The van der Waals surface area contributed by atoms with Crippen LogP contribution in [0.3, 0.4) is 0 Å². The van der Waals surface area contributed by atoms with Crippen LogP contribution in [0.2, 0.25) is 1.41 Å². The van der Waals surface area contributed by atoms with Gasteiger partial charge in [0.2, 0.25) is 6.54 Å². The van der Waals surface area contributed by atoms with Crippen molar-refractivity contribution in [3.8, 4) is 0 Å². The monoisotopic (exact) mass is 319 g/mol. The largest absolute Gasteiger partial charge is 0.330 e. The van der Waals surface area contributed by atoms with Crippen LogP contribution in [0.1, 0.15) is 53.4 Å². The summed E-state index contributed by atoms with van der Waals surface area (Å²) < 4.78 is 20.9. The molecule has 0 aromatic heterocycles. The smallest absolute Gasteiger partial charge is 0.259 e. The normalized spacial score (nSPS) is 13.7. The molecule has 0 aliphatic rings. The summed E-state index contributed by atoms with van der Waals surface area (Å²) in [6.45, 7) is 17.7. The molecule has 1 unspecified atom stereocenters. The van der Waals surface area contributed by atoms with Gasteiger partial charge in [-0.1, -0.05) is 12.8 Å². The first-order valence-electron chi connectivity index (χ1n) is 8.36. The molecule has 0 fully saturated rings. The molecule has 0 heterocycles. The van der Waals surface area contributed by atoms with Gasteiger partial charge in [0.25, 0.3) is 8.53 Å². The van der Waals surface area contributed by atoms with Gasteiger partial charge in [-0.05, 0) is 47.1 Å². The second-order valence-corrected chi connectivity index (χ2v) is 6.97. The molecule has 0 amide bonds. The number of nitrogens with zero attached hydrogens (tertiary/aromatic N) is 2. The van der Waals surface area contributed by atoms with Crippen LogP contribution < -0.4 is 5.73 Å². The highest BCUT2D eigenvalue weighted by Gasteiger charge is 2.27. The summed E-state index contributed by atoms with van der Waals surface area (Å²) in [6, 6.07) is 0.698. The van der Waals surface area contributed by atoms with Gasteiger partial charge < -0.3 is 19.6 Å². The van der Waals surface area contributed by atoms with Gasteiger partial charge in [-0.3, -0.25) is 0 Å². The molecule has 0 saturated carbocycles. The Morgan fingerprint density at radius 3 is 2.29 bits per heavy atom. The van der Waals surface area contributed by atoms with Crippen LogP contribution in [-0.2, 0) is 9.05 Å². The summed E-state index contributed by atoms with van der Waals surface area (Å²) in [5, 5.41) is 0. The third-order valence-corrected chi connectivity index (χ3v) is 5.03. The zero-order valence-electron chi connectivity index (χ0n) is 15.0. The lowest BCUT2D eigenvalue weighted by atomic mass is 10.2. The van der Waals surface area contributed by atoms with Crippen LogP contribution >= 0.6 is 8.53 Å². The van der Waals surface area contributed by atoms with Crippen LogP contribution in [0.15, 0.2) is 0 Å². The van der Waals surface area contributed by atoms with E-state index in [1.807, 2.05) is 0 Å². The molecular formula is C15H32N3O2P. The van der Waals surface area contributed by atoms with Gasteiger partial charge in [-0.25, -0.2) is 11.2 Å². The van der Waals surface area contributed by atoms with Crippen molar-refractivity contribution in [3.05, 3.63) is 11.4 Å². The Bertz CT molecular complexity index is 293. The SMILES string of the molecule is [3H]NCCCCCCOP(OCC[N+]#[C-])N(C(C)C)C(C)C. The van der Waals surface area contributed by atoms with Crippen molar-refractivity contribution >= 4 is 8.53 Å². The van der Waals surface area contributed by atoms with Crippen LogP contribution in [0.25, 0.3) is 4.85 Å². The molecule has 0 aliphatic heterocycles. The lowest BCUT2D eigenvalue weighted by Crippen LogP contribution is -2.33. The molecule has 0 saturated heterocycles. The fourth-order valence-electron chi connectivity index (χ4n) is 2.03. The third-order valence-electron chi connectivity index (χ3n) is 2.92. The molecule has 6 heteroatoms. The maximum Gasteiger partial charge on any atom is 0.259 e. The van der Waals surface area contributed by atoms with Gasteiger partial charge in [0.15, 0.2) is 0 Å². The van der Waals surface area contributed by atoms with E-state index in [0.29, 0.717) is 31.8 Å². The first kappa shape index (κ1) is 18.8. The summed E-state index contributed by atoms with van der Waals surface area (Å²) in [5.74, 6) is 0. The summed E-state index contributed by atoms with van der Waals surface area (Å²) in [6.07, 6.45) is 4.26. The topological polar surface area (TPSA) is 52.1 Å². The van der Waals surface area contributed by atoms with Gasteiger partial charge >= 0.3 is 0 Å². The van der Waals surface area contributed by atoms with E-state index >= 15 is 0 Å². The number of nitrogens with two attached hydrogens (primary N) is 1. The third kappa shape index (κ3) is 10.2. The van der Waals surface area contributed by atoms with Crippen LogP contribution in [-0.4, -0.2) is 43.1 Å². The minimum atomic E-state index is -1.09. The standard InChI is InChI=1S/C15H32N3O2P/c1-14(2)18(15(3)4)21(20-13-11-17-5)19-12-9-7-6-8-10-16/h14-15H,6-13,16H2,1-4H3/i/hT. The van der Waals surface area contributed by atoms with E-state index in [1.54, 1.807) is 0 Å². The number of hydrogen-bond donors (Lipinski definition) is 1. The minimum absolute atomic E-state index is 0.349. The van der Waals surface area contributed by atoms with E-state index in [9.17, 15) is 0 Å². The van der Waals surface area contributed by atoms with Crippen molar-refractivity contribution in [2.24, 2.45) is 5.73 Å². The molecule has 0 aromatic carbocycles. The number of hydrogen-bond acceptors (Lipinski definition) is 4. The molecule has 1 atom stereocenters. The van der Waals surface area contributed by atoms with Crippen LogP contribution in [0, 0.1) is 6.57 Å². The molecule has 0 radical (unpaired) electrons. The Morgan fingerprint density at radius 2 is 1.71 bits per heavy atom. The van der Waals surface area contributed by atoms with Crippen molar-refractivity contribution in [2.45, 2.75) is 65.5 Å². The lowest BCUT2D eigenvalue weighted by Gasteiger charge is -2.35. The molecule has 0 rings (SSSR count). The molecule has 0 bridgehead atoms. The zero-order valence-corrected chi connectivity index (χ0v) is 14.9. The first-order valence-corrected chi connectivity index (χ1v) is 8.99. The summed E-state index contributed by atoms with van der Waals surface area (Å²) in [5.41, 5.74) is 2.42. The Balaban J connectivity index is 4.20. The van der Waals surface area contributed by atoms with Crippen LogP contribution in [0.5, 0.6) is 0 Å². The highest BCUT2D eigenvalue weighted by molar-refractivity contribution is 7.44. The van der Waals surface area contributed by atoms with Gasteiger partial charge in [-0.15, -0.1) is 0 Å². The Morgan fingerprint density at radius 1 is 1.10 bits per heavy atom. The summed E-state index contributed by atoms with van der Waals surface area (Å²) >= 11 is 0. The first-order chi connectivity index (χ1) is 10.5. The highest BCUT2D eigenvalue weighted by atomic mass is 31.2. The van der Waals surface area contributed by atoms with E-state index in [-0.39, 0.29) is 0 Å². The van der Waals surface area contributed by atoms with Crippen LogP contribution in [0.4, 0.5) is 0 Å². The Hall–Kier alpha value is -0.240. The predicted molar refractivity (Wildman–Crippen MR) is 89.9 cm³/mol. The quantitative estimate of drug-likeness (QED) is 0.300. The average molecular weight is 319 g/mol. The number of unbranched alkanes of at least 4 members (excludes halogenated alkanes) is 3. The number of rotatable bonds is 14. The minimum Gasteiger partial charge on any atom is -0.330 e. The second-order valence-electron chi connectivity index (χ2n) is 5.52. The van der Waals surface area contributed by atoms with E-state index in [0.717, 1.165) is 32.2 Å². The highest BCUT2D eigenvalue weighted by Crippen LogP contribution is 2.45. The van der Waals surface area contributed by atoms with Crippen molar-refractivity contribution < 1.29 is 10.5 Å². The second kappa shape index (κ2) is 13.4. The molecule has 21 heavy (non-hydrogen) atoms. The van der Waals surface area contributed by atoms with E-state index in [1.165, 1.54) is 0 Å². The molecule has 2 N–H and O–H groups in total.